The first-order valence-electron chi connectivity index (χ1n) is 8.08. The van der Waals surface area contributed by atoms with Gasteiger partial charge in [-0.25, -0.2) is 8.42 Å². The molecule has 8 heteroatoms. The average Bonchev–Trinajstić information content (AvgIpc) is 3.06. The van der Waals surface area contributed by atoms with Crippen LogP contribution in [0.15, 0.2) is 16.3 Å². The summed E-state index contributed by atoms with van der Waals surface area (Å²) in [6, 6.07) is 3.22. The number of piperazine rings is 1. The van der Waals surface area contributed by atoms with Gasteiger partial charge < -0.3 is 10.2 Å². The predicted octanol–water partition coefficient (Wildman–Crippen LogP) is 1.21. The summed E-state index contributed by atoms with van der Waals surface area (Å²) in [6.45, 7) is 6.21. The molecule has 0 unspecified atom stereocenters. The van der Waals surface area contributed by atoms with E-state index in [1.807, 2.05) is 0 Å². The van der Waals surface area contributed by atoms with Gasteiger partial charge in [0.2, 0.25) is 0 Å². The molecule has 3 rings (SSSR count). The monoisotopic (exact) mass is 357 g/mol. The van der Waals surface area contributed by atoms with Crippen molar-refractivity contribution in [1.82, 2.24) is 14.5 Å². The van der Waals surface area contributed by atoms with Gasteiger partial charge in [-0.15, -0.1) is 11.3 Å². The van der Waals surface area contributed by atoms with Crippen LogP contribution in [0.2, 0.25) is 0 Å². The van der Waals surface area contributed by atoms with Gasteiger partial charge in [-0.05, 0) is 30.9 Å². The molecule has 0 aromatic carbocycles. The molecule has 1 amide bonds. The van der Waals surface area contributed by atoms with Crippen molar-refractivity contribution in [1.29, 1.82) is 0 Å². The number of nitrogens with zero attached hydrogens (tertiary/aromatic N) is 2. The van der Waals surface area contributed by atoms with E-state index in [0.717, 1.165) is 37.3 Å². The zero-order chi connectivity index (χ0) is 16.4. The lowest BCUT2D eigenvalue weighted by Gasteiger charge is -2.29. The minimum atomic E-state index is -3.46. The Kier molecular flexibility index (Phi) is 5.05. The van der Waals surface area contributed by atoms with Crippen molar-refractivity contribution in [3.8, 4) is 0 Å². The van der Waals surface area contributed by atoms with Gasteiger partial charge >= 0.3 is 0 Å². The molecule has 1 N–H and O–H groups in total. The Morgan fingerprint density at radius 2 is 1.83 bits per heavy atom. The van der Waals surface area contributed by atoms with Gasteiger partial charge in [-0.1, -0.05) is 6.92 Å². The Labute approximate surface area is 141 Å². The Hall–Kier alpha value is -0.960. The lowest BCUT2D eigenvalue weighted by molar-refractivity contribution is 0.0740. The second-order valence-electron chi connectivity index (χ2n) is 6.25. The molecule has 2 aliphatic heterocycles. The molecule has 23 heavy (non-hydrogen) atoms. The highest BCUT2D eigenvalue weighted by molar-refractivity contribution is 7.91. The van der Waals surface area contributed by atoms with Crippen molar-refractivity contribution < 1.29 is 13.2 Å². The maximum Gasteiger partial charge on any atom is 0.264 e. The van der Waals surface area contributed by atoms with Crippen LogP contribution in [0.1, 0.15) is 29.4 Å². The Morgan fingerprint density at radius 3 is 2.48 bits per heavy atom. The number of carbonyl (C=O) groups is 1. The quantitative estimate of drug-likeness (QED) is 0.883. The number of sulfonamides is 1. The number of nitrogens with one attached hydrogen (secondary N) is 1. The highest BCUT2D eigenvalue weighted by Gasteiger charge is 2.30. The smallest absolute Gasteiger partial charge is 0.264 e. The molecule has 2 fully saturated rings. The van der Waals surface area contributed by atoms with Crippen LogP contribution in [0.25, 0.3) is 0 Å². The lowest BCUT2D eigenvalue weighted by Crippen LogP contribution is -2.46. The lowest BCUT2D eigenvalue weighted by atomic mass is 10.0. The van der Waals surface area contributed by atoms with Gasteiger partial charge in [-0.3, -0.25) is 4.79 Å². The average molecular weight is 358 g/mol. The topological polar surface area (TPSA) is 69.7 Å². The van der Waals surface area contributed by atoms with E-state index in [1.165, 1.54) is 0 Å². The third-order valence-electron chi connectivity index (χ3n) is 4.53. The number of carbonyl (C=O) groups excluding carboxylic acids is 1. The molecule has 2 aliphatic rings. The molecule has 0 bridgehead atoms. The normalized spacial score (nSPS) is 21.5. The second-order valence-corrected chi connectivity index (χ2v) is 9.50. The van der Waals surface area contributed by atoms with Crippen molar-refractivity contribution in [3.63, 3.8) is 0 Å². The second kappa shape index (κ2) is 6.88. The summed E-state index contributed by atoms with van der Waals surface area (Å²) >= 11 is 1.09. The fourth-order valence-electron chi connectivity index (χ4n) is 2.95. The van der Waals surface area contributed by atoms with Crippen LogP contribution in [0.3, 0.4) is 0 Å². The van der Waals surface area contributed by atoms with Gasteiger partial charge in [0.25, 0.3) is 15.9 Å². The van der Waals surface area contributed by atoms with Crippen LogP contribution in [-0.2, 0) is 10.0 Å². The number of thiophene rings is 1. The van der Waals surface area contributed by atoms with Crippen molar-refractivity contribution in [2.75, 3.05) is 39.3 Å². The van der Waals surface area contributed by atoms with Crippen LogP contribution < -0.4 is 5.32 Å². The molecule has 2 saturated heterocycles. The summed E-state index contributed by atoms with van der Waals surface area (Å²) in [5.41, 5.74) is 0. The summed E-state index contributed by atoms with van der Waals surface area (Å²) in [5.74, 6) is 0.514. The molecule has 0 atom stereocenters. The standard InChI is InChI=1S/C15H23N3O3S2/c1-12-4-8-18(9-5-12)23(20,21)14-3-2-13(22-14)15(19)17-10-6-16-7-11-17/h2-3,12,16H,4-11H2,1H3. The maximum atomic E-state index is 12.7. The molecule has 0 aliphatic carbocycles. The number of hydrogen-bond acceptors (Lipinski definition) is 5. The van der Waals surface area contributed by atoms with Crippen molar-refractivity contribution in [2.24, 2.45) is 5.92 Å². The SMILES string of the molecule is CC1CCN(S(=O)(=O)c2ccc(C(=O)N3CCNCC3)s2)CC1. The third-order valence-corrected chi connectivity index (χ3v) is 7.97. The van der Waals surface area contributed by atoms with Gasteiger partial charge in [0, 0.05) is 39.3 Å². The summed E-state index contributed by atoms with van der Waals surface area (Å²) in [4.78, 5) is 14.7. The van der Waals surface area contributed by atoms with E-state index in [2.05, 4.69) is 12.2 Å². The minimum absolute atomic E-state index is 0.0646. The number of amides is 1. The first kappa shape index (κ1) is 16.9. The molecule has 1 aromatic heterocycles. The molecule has 0 radical (unpaired) electrons. The molecule has 0 saturated carbocycles. The highest BCUT2D eigenvalue weighted by Crippen LogP contribution is 2.29. The molecule has 6 nitrogen and oxygen atoms in total. The number of rotatable bonds is 3. The van der Waals surface area contributed by atoms with Gasteiger partial charge in [-0.2, -0.15) is 4.31 Å². The molecule has 128 valence electrons. The van der Waals surface area contributed by atoms with Gasteiger partial charge in [0.1, 0.15) is 4.21 Å². The highest BCUT2D eigenvalue weighted by atomic mass is 32.2. The van der Waals surface area contributed by atoms with Gasteiger partial charge in [0.05, 0.1) is 4.88 Å². The van der Waals surface area contributed by atoms with Crippen LogP contribution in [0.4, 0.5) is 0 Å². The van der Waals surface area contributed by atoms with Crippen LogP contribution >= 0.6 is 11.3 Å². The summed E-state index contributed by atoms with van der Waals surface area (Å²) in [5, 5.41) is 3.20. The largest absolute Gasteiger partial charge is 0.335 e. The Bertz CT molecular complexity index is 657. The molecular formula is C15H23N3O3S2. The zero-order valence-electron chi connectivity index (χ0n) is 13.3. The summed E-state index contributed by atoms with van der Waals surface area (Å²) in [6.07, 6.45) is 1.80. The first-order valence-corrected chi connectivity index (χ1v) is 10.3. The summed E-state index contributed by atoms with van der Waals surface area (Å²) < 4.78 is 27.3. The molecular weight excluding hydrogens is 334 g/mol. The van der Waals surface area contributed by atoms with Crippen molar-refractivity contribution >= 4 is 27.3 Å². The van der Waals surface area contributed by atoms with Crippen LogP contribution in [0.5, 0.6) is 0 Å². The van der Waals surface area contributed by atoms with E-state index in [0.29, 0.717) is 37.0 Å². The fraction of sp³-hybridized carbons (Fsp3) is 0.667. The van der Waals surface area contributed by atoms with Crippen molar-refractivity contribution in [2.45, 2.75) is 24.0 Å². The Balaban J connectivity index is 1.74. The fourth-order valence-corrected chi connectivity index (χ4v) is 5.85. The predicted molar refractivity (Wildman–Crippen MR) is 90.2 cm³/mol. The maximum absolute atomic E-state index is 12.7. The molecule has 1 aromatic rings. The van der Waals surface area contributed by atoms with Crippen LogP contribution in [-0.4, -0.2) is 62.8 Å². The molecule has 3 heterocycles. The summed E-state index contributed by atoms with van der Waals surface area (Å²) in [7, 11) is -3.46. The molecule has 0 spiro atoms. The van der Waals surface area contributed by atoms with E-state index >= 15 is 0 Å². The Morgan fingerprint density at radius 1 is 1.17 bits per heavy atom. The van der Waals surface area contributed by atoms with E-state index < -0.39 is 10.0 Å². The van der Waals surface area contributed by atoms with Crippen LogP contribution in [0, 0.1) is 5.92 Å². The number of hydrogen-bond donors (Lipinski definition) is 1. The van der Waals surface area contributed by atoms with E-state index in [4.69, 9.17) is 0 Å². The van der Waals surface area contributed by atoms with E-state index in [9.17, 15) is 13.2 Å². The van der Waals surface area contributed by atoms with E-state index in [1.54, 1.807) is 21.3 Å². The van der Waals surface area contributed by atoms with E-state index in [-0.39, 0.29) is 10.1 Å². The first-order chi connectivity index (χ1) is 11.0. The zero-order valence-corrected chi connectivity index (χ0v) is 15.0. The van der Waals surface area contributed by atoms with Gasteiger partial charge in [0.15, 0.2) is 0 Å². The number of piperidine rings is 1. The minimum Gasteiger partial charge on any atom is -0.335 e. The van der Waals surface area contributed by atoms with Crippen molar-refractivity contribution in [3.05, 3.63) is 17.0 Å². The third kappa shape index (κ3) is 3.60.